The van der Waals surface area contributed by atoms with Gasteiger partial charge < -0.3 is 5.73 Å². The highest BCUT2D eigenvalue weighted by Gasteiger charge is 2.00. The van der Waals surface area contributed by atoms with Crippen LogP contribution in [0.1, 0.15) is 32.9 Å². The Balaban J connectivity index is 0.00000196. The van der Waals surface area contributed by atoms with Gasteiger partial charge in [-0.3, -0.25) is 5.01 Å². The minimum absolute atomic E-state index is 0. The summed E-state index contributed by atoms with van der Waals surface area (Å²) in [5.41, 5.74) is 7.80. The van der Waals surface area contributed by atoms with Crippen LogP contribution < -0.4 is 16.6 Å². The molecule has 3 nitrogen and oxygen atoms in total. The molecule has 1 aromatic carbocycles. The van der Waals surface area contributed by atoms with Crippen molar-refractivity contribution < 1.29 is 0 Å². The summed E-state index contributed by atoms with van der Waals surface area (Å²) in [5, 5.41) is 1.57. The van der Waals surface area contributed by atoms with Gasteiger partial charge in [-0.15, -0.1) is 0 Å². The van der Waals surface area contributed by atoms with Crippen molar-refractivity contribution in [2.75, 3.05) is 5.01 Å². The van der Waals surface area contributed by atoms with E-state index >= 15 is 0 Å². The van der Waals surface area contributed by atoms with Crippen molar-refractivity contribution in [3.63, 3.8) is 0 Å². The average Bonchev–Trinajstić information content (AvgIpc) is 2.18. The Morgan fingerprint density at radius 3 is 2.20 bits per heavy atom. The Hall–Kier alpha value is -1.32. The van der Waals surface area contributed by atoms with Crippen LogP contribution in [0.25, 0.3) is 0 Å². The molecule has 0 heterocycles. The fourth-order valence-corrected chi connectivity index (χ4v) is 1.20. The van der Waals surface area contributed by atoms with Gasteiger partial charge in [-0.05, 0) is 31.5 Å². The number of nitrogens with two attached hydrogens (primary N) is 2. The predicted molar refractivity (Wildman–Crippen MR) is 67.3 cm³/mol. The van der Waals surface area contributed by atoms with Crippen molar-refractivity contribution >= 4 is 5.69 Å². The summed E-state index contributed by atoms with van der Waals surface area (Å²) in [6.07, 6.45) is 3.69. The van der Waals surface area contributed by atoms with E-state index in [4.69, 9.17) is 11.6 Å². The molecule has 0 saturated heterocycles. The van der Waals surface area contributed by atoms with E-state index < -0.39 is 0 Å². The molecule has 3 heteroatoms. The largest absolute Gasteiger partial charge is 0.324 e. The molecule has 1 atom stereocenters. The molecule has 0 radical (unpaired) electrons. The van der Waals surface area contributed by atoms with Crippen molar-refractivity contribution in [3.05, 3.63) is 42.1 Å². The van der Waals surface area contributed by atoms with Gasteiger partial charge in [-0.25, -0.2) is 5.84 Å². The lowest BCUT2D eigenvalue weighted by atomic mass is 10.1. The first-order valence-corrected chi connectivity index (χ1v) is 4.67. The van der Waals surface area contributed by atoms with Crippen LogP contribution in [0.2, 0.25) is 0 Å². The zero-order valence-electron chi connectivity index (χ0n) is 8.64. The van der Waals surface area contributed by atoms with Crippen LogP contribution in [0.4, 0.5) is 5.69 Å². The lowest BCUT2D eigenvalue weighted by Gasteiger charge is -2.14. The predicted octanol–water partition coefficient (Wildman–Crippen LogP) is 2.56. The highest BCUT2D eigenvalue weighted by atomic mass is 15.4. The number of nitrogens with zero attached hydrogens (tertiary/aromatic N) is 1. The Morgan fingerprint density at radius 2 is 1.80 bits per heavy atom. The van der Waals surface area contributed by atoms with Gasteiger partial charge in [0.1, 0.15) is 0 Å². The molecule has 0 amide bonds. The van der Waals surface area contributed by atoms with Crippen LogP contribution in [0.5, 0.6) is 0 Å². The molecule has 0 aliphatic carbocycles. The van der Waals surface area contributed by atoms with Crippen LogP contribution in [-0.2, 0) is 0 Å². The first kappa shape index (κ1) is 13.7. The van der Waals surface area contributed by atoms with Gasteiger partial charge in [0.25, 0.3) is 0 Å². The second kappa shape index (κ2) is 6.22. The van der Waals surface area contributed by atoms with Gasteiger partial charge in [0.15, 0.2) is 0 Å². The molecule has 15 heavy (non-hydrogen) atoms. The number of allylic oxidation sites excluding steroid dienone is 1. The summed E-state index contributed by atoms with van der Waals surface area (Å²) < 4.78 is 0. The molecule has 0 aromatic heterocycles. The quantitative estimate of drug-likeness (QED) is 0.591. The zero-order chi connectivity index (χ0) is 10.6. The summed E-state index contributed by atoms with van der Waals surface area (Å²) in [6, 6.07) is 7.96. The van der Waals surface area contributed by atoms with Crippen molar-refractivity contribution in [1.82, 2.24) is 0 Å². The number of benzene rings is 1. The van der Waals surface area contributed by atoms with Crippen molar-refractivity contribution in [2.45, 2.75) is 27.3 Å². The Labute approximate surface area is 92.3 Å². The van der Waals surface area contributed by atoms with Crippen molar-refractivity contribution in [1.29, 1.82) is 0 Å². The molecule has 1 aromatic rings. The third-order valence-corrected chi connectivity index (χ3v) is 2.03. The van der Waals surface area contributed by atoms with E-state index in [0.717, 1.165) is 11.3 Å². The van der Waals surface area contributed by atoms with E-state index in [-0.39, 0.29) is 13.5 Å². The molecule has 4 N–H and O–H groups in total. The second-order valence-electron chi connectivity index (χ2n) is 3.27. The molecular formula is C12H21N3. The highest BCUT2D eigenvalue weighted by Crippen LogP contribution is 2.16. The smallest absolute Gasteiger partial charge is 0.0568 e. The highest BCUT2D eigenvalue weighted by molar-refractivity contribution is 5.48. The van der Waals surface area contributed by atoms with E-state index in [2.05, 4.69) is 0 Å². The lowest BCUT2D eigenvalue weighted by molar-refractivity contribution is 0.818. The van der Waals surface area contributed by atoms with Gasteiger partial charge >= 0.3 is 0 Å². The van der Waals surface area contributed by atoms with Crippen molar-refractivity contribution in [3.8, 4) is 0 Å². The molecule has 0 saturated carbocycles. The lowest BCUT2D eigenvalue weighted by Crippen LogP contribution is -2.23. The van der Waals surface area contributed by atoms with Crippen LogP contribution in [-0.4, -0.2) is 0 Å². The number of hydrazine groups is 1. The molecule has 84 valence electrons. The average molecular weight is 207 g/mol. The van der Waals surface area contributed by atoms with Crippen molar-refractivity contribution in [2.24, 2.45) is 11.6 Å². The van der Waals surface area contributed by atoms with E-state index in [1.54, 1.807) is 11.2 Å². The van der Waals surface area contributed by atoms with E-state index in [1.807, 2.05) is 44.2 Å². The first-order chi connectivity index (χ1) is 6.65. The number of hydrogen-bond acceptors (Lipinski definition) is 3. The Morgan fingerprint density at radius 1 is 1.27 bits per heavy atom. The third kappa shape index (κ3) is 3.73. The van der Waals surface area contributed by atoms with Gasteiger partial charge in [0, 0.05) is 12.2 Å². The summed E-state index contributed by atoms with van der Waals surface area (Å²) in [7, 11) is 0. The van der Waals surface area contributed by atoms with Gasteiger partial charge in [-0.2, -0.15) is 0 Å². The molecule has 0 bridgehead atoms. The van der Waals surface area contributed by atoms with Gasteiger partial charge in [0.05, 0.1) is 5.69 Å². The summed E-state index contributed by atoms with van der Waals surface area (Å²) >= 11 is 0. The van der Waals surface area contributed by atoms with Crippen LogP contribution in [0, 0.1) is 0 Å². The maximum absolute atomic E-state index is 5.75. The van der Waals surface area contributed by atoms with Gasteiger partial charge in [0.2, 0.25) is 0 Å². The molecule has 1 unspecified atom stereocenters. The molecule has 0 aliphatic heterocycles. The maximum Gasteiger partial charge on any atom is 0.0568 e. The van der Waals surface area contributed by atoms with Gasteiger partial charge in [-0.1, -0.05) is 25.6 Å². The zero-order valence-corrected chi connectivity index (χ0v) is 8.64. The topological polar surface area (TPSA) is 55.3 Å². The SMILES string of the molecule is C.C/C=C\N(N)c1ccc(C(C)N)cc1. The molecular weight excluding hydrogens is 186 g/mol. The van der Waals surface area contributed by atoms with Crippen LogP contribution in [0.15, 0.2) is 36.5 Å². The molecule has 0 spiro atoms. The number of rotatable bonds is 3. The van der Waals surface area contributed by atoms with E-state index in [0.29, 0.717) is 0 Å². The van der Waals surface area contributed by atoms with E-state index in [9.17, 15) is 0 Å². The minimum atomic E-state index is 0. The standard InChI is InChI=1S/C11H17N3.CH4/c1-3-8-14(13)11-6-4-10(5-7-11)9(2)12;/h3-9H,12-13H2,1-2H3;1H4/b8-3-;. The monoisotopic (exact) mass is 207 g/mol. The number of hydrogen-bond donors (Lipinski definition) is 2. The van der Waals surface area contributed by atoms with E-state index in [1.165, 1.54) is 0 Å². The summed E-state index contributed by atoms with van der Waals surface area (Å²) in [5.74, 6) is 5.75. The Bertz CT molecular complexity index is 301. The summed E-state index contributed by atoms with van der Waals surface area (Å²) in [4.78, 5) is 0. The fourth-order valence-electron chi connectivity index (χ4n) is 1.20. The van der Waals surface area contributed by atoms with Crippen LogP contribution >= 0.6 is 0 Å². The summed E-state index contributed by atoms with van der Waals surface area (Å²) in [6.45, 7) is 3.89. The fraction of sp³-hybridized carbons (Fsp3) is 0.333. The minimum Gasteiger partial charge on any atom is -0.324 e. The number of anilines is 1. The third-order valence-electron chi connectivity index (χ3n) is 2.03. The molecule has 1 rings (SSSR count). The Kier molecular flexibility index (Phi) is 5.67. The normalized spacial score (nSPS) is 12.3. The first-order valence-electron chi connectivity index (χ1n) is 4.67. The molecule has 0 fully saturated rings. The molecule has 0 aliphatic rings. The van der Waals surface area contributed by atoms with Crippen LogP contribution in [0.3, 0.4) is 0 Å². The second-order valence-corrected chi connectivity index (χ2v) is 3.27. The maximum atomic E-state index is 5.75.